The second-order valence-electron chi connectivity index (χ2n) is 10.3. The Hall–Kier alpha value is -3.48. The molecule has 0 bridgehead atoms. The summed E-state index contributed by atoms with van der Waals surface area (Å²) in [6.07, 6.45) is 0.465. The second-order valence-corrected chi connectivity index (χ2v) is 12.3. The Balaban J connectivity index is 1.58. The van der Waals surface area contributed by atoms with Gasteiger partial charge in [0.15, 0.2) is 0 Å². The molecule has 0 fully saturated rings. The lowest BCUT2D eigenvalue weighted by atomic mass is 9.82. The molecule has 2 heterocycles. The van der Waals surface area contributed by atoms with Crippen LogP contribution in [-0.2, 0) is 18.4 Å². The lowest BCUT2D eigenvalue weighted by Crippen LogP contribution is -2.37. The molecular weight excluding hydrogens is 530 g/mol. The average molecular weight is 566 g/mol. The standard InChI is InChI=1S/C29H35N5O5S/c1-5-21-16-34(40(37,38)25-9-7-6-8-24(25)39-21)15-20-14-19(11-10-17(20)2)26(27(30)29(35)36)22-12-13-23-28(18(22)3)31-32-33(23)4/h6-14,21,26-27,37-38H,5,15-16,30H2,1-4H3,(H,35,36). The van der Waals surface area contributed by atoms with Gasteiger partial charge in [-0.25, -0.2) is 4.68 Å². The van der Waals surface area contributed by atoms with Crippen LogP contribution in [0.25, 0.3) is 11.0 Å². The minimum atomic E-state index is -3.35. The molecule has 0 radical (unpaired) electrons. The first-order valence-electron chi connectivity index (χ1n) is 13.2. The lowest BCUT2D eigenvalue weighted by molar-refractivity contribution is -0.138. The molecule has 5 rings (SSSR count). The number of nitrogens with two attached hydrogens (primary N) is 1. The highest BCUT2D eigenvalue weighted by atomic mass is 32.3. The summed E-state index contributed by atoms with van der Waals surface area (Å²) in [5.41, 5.74) is 11.9. The van der Waals surface area contributed by atoms with Gasteiger partial charge in [0, 0.05) is 19.5 Å². The van der Waals surface area contributed by atoms with Crippen molar-refractivity contribution >= 4 is 27.8 Å². The third-order valence-corrected chi connectivity index (χ3v) is 9.72. The Labute approximate surface area is 234 Å². The van der Waals surface area contributed by atoms with E-state index in [0.717, 1.165) is 33.3 Å². The van der Waals surface area contributed by atoms with Crippen molar-refractivity contribution in [2.24, 2.45) is 12.8 Å². The monoisotopic (exact) mass is 565 g/mol. The van der Waals surface area contributed by atoms with Crippen LogP contribution in [0.3, 0.4) is 0 Å². The zero-order valence-corrected chi connectivity index (χ0v) is 23.8. The number of hydrogen-bond acceptors (Lipinski definition) is 8. The van der Waals surface area contributed by atoms with E-state index in [9.17, 15) is 19.0 Å². The molecule has 1 aliphatic heterocycles. The molecule has 1 aromatic heterocycles. The van der Waals surface area contributed by atoms with Gasteiger partial charge in [-0.15, -0.1) is 15.9 Å². The minimum Gasteiger partial charge on any atom is -0.487 e. The SMILES string of the molecule is CCC1CN(Cc2cc(C(c3ccc4c(nnn4C)c3C)C(N)C(=O)O)ccc2C)S(O)(O)c2ccccc2O1. The number of aromatic nitrogens is 3. The van der Waals surface area contributed by atoms with Gasteiger partial charge in [0.25, 0.3) is 0 Å². The van der Waals surface area contributed by atoms with Crippen LogP contribution in [0.4, 0.5) is 0 Å². The van der Waals surface area contributed by atoms with E-state index in [2.05, 4.69) is 10.3 Å². The fourth-order valence-corrected chi connectivity index (χ4v) is 7.00. The largest absolute Gasteiger partial charge is 0.487 e. The van der Waals surface area contributed by atoms with Gasteiger partial charge < -0.3 is 15.6 Å². The molecule has 10 nitrogen and oxygen atoms in total. The van der Waals surface area contributed by atoms with Crippen molar-refractivity contribution < 1.29 is 23.7 Å². The van der Waals surface area contributed by atoms with Gasteiger partial charge >= 0.3 is 5.97 Å². The third-order valence-electron chi connectivity index (χ3n) is 7.80. The first kappa shape index (κ1) is 28.1. The number of nitrogens with zero attached hydrogens (tertiary/aromatic N) is 4. The number of aryl methyl sites for hydroxylation is 3. The topological polar surface area (TPSA) is 147 Å². The number of ether oxygens (including phenoxy) is 1. The highest BCUT2D eigenvalue weighted by molar-refractivity contribution is 8.22. The predicted molar refractivity (Wildman–Crippen MR) is 155 cm³/mol. The number of benzene rings is 3. The van der Waals surface area contributed by atoms with Gasteiger partial charge in [-0.05, 0) is 66.3 Å². The molecule has 0 spiro atoms. The molecule has 40 heavy (non-hydrogen) atoms. The lowest BCUT2D eigenvalue weighted by Gasteiger charge is -2.42. The Morgan fingerprint density at radius 3 is 2.65 bits per heavy atom. The van der Waals surface area contributed by atoms with Crippen LogP contribution in [0.1, 0.15) is 47.1 Å². The molecule has 3 unspecified atom stereocenters. The summed E-state index contributed by atoms with van der Waals surface area (Å²) in [6.45, 7) is 6.40. The molecular formula is C29H35N5O5S. The molecule has 212 valence electrons. The average Bonchev–Trinajstić information content (AvgIpc) is 3.27. The summed E-state index contributed by atoms with van der Waals surface area (Å²) in [7, 11) is -1.54. The predicted octanol–water partition coefficient (Wildman–Crippen LogP) is 4.83. The number of carboxylic acids is 1. The highest BCUT2D eigenvalue weighted by Crippen LogP contribution is 2.57. The van der Waals surface area contributed by atoms with Crippen molar-refractivity contribution in [1.82, 2.24) is 19.3 Å². The fraction of sp³-hybridized carbons (Fsp3) is 0.345. The van der Waals surface area contributed by atoms with Gasteiger partial charge in [0.2, 0.25) is 0 Å². The number of rotatable bonds is 7. The van der Waals surface area contributed by atoms with Crippen LogP contribution in [-0.4, -0.2) is 58.2 Å². The zero-order valence-electron chi connectivity index (χ0n) is 23.0. The summed E-state index contributed by atoms with van der Waals surface area (Å²) in [5, 5.41) is 18.4. The van der Waals surface area contributed by atoms with Crippen LogP contribution in [0, 0.1) is 13.8 Å². The van der Waals surface area contributed by atoms with E-state index < -0.39 is 28.7 Å². The van der Waals surface area contributed by atoms with Crippen LogP contribution in [0.2, 0.25) is 0 Å². The van der Waals surface area contributed by atoms with Crippen molar-refractivity contribution in [2.75, 3.05) is 6.54 Å². The third kappa shape index (κ3) is 4.95. The van der Waals surface area contributed by atoms with Gasteiger partial charge in [-0.2, -0.15) is 4.31 Å². The number of carbonyl (C=O) groups is 1. The van der Waals surface area contributed by atoms with Gasteiger partial charge in [-0.3, -0.25) is 13.9 Å². The maximum absolute atomic E-state index is 12.2. The molecule has 11 heteroatoms. The highest BCUT2D eigenvalue weighted by Gasteiger charge is 2.35. The molecule has 4 aromatic rings. The Kier molecular flexibility index (Phi) is 7.60. The van der Waals surface area contributed by atoms with Crippen LogP contribution < -0.4 is 10.5 Å². The summed E-state index contributed by atoms with van der Waals surface area (Å²) in [4.78, 5) is 12.6. The van der Waals surface area contributed by atoms with Crippen molar-refractivity contribution in [3.05, 3.63) is 82.4 Å². The molecule has 0 aliphatic carbocycles. The molecule has 3 atom stereocenters. The number of fused-ring (bicyclic) bond motifs is 2. The Morgan fingerprint density at radius 1 is 1.18 bits per heavy atom. The summed E-state index contributed by atoms with van der Waals surface area (Å²) >= 11 is 0. The van der Waals surface area contributed by atoms with E-state index in [-0.39, 0.29) is 12.6 Å². The maximum Gasteiger partial charge on any atom is 0.321 e. The first-order valence-corrected chi connectivity index (χ1v) is 14.7. The molecule has 5 N–H and O–H groups in total. The van der Waals surface area contributed by atoms with Crippen molar-refractivity contribution in [2.45, 2.75) is 56.7 Å². The van der Waals surface area contributed by atoms with Crippen molar-refractivity contribution in [1.29, 1.82) is 0 Å². The minimum absolute atomic E-state index is 0.229. The number of para-hydroxylation sites is 1. The normalized spacial score (nSPS) is 19.3. The van der Waals surface area contributed by atoms with E-state index in [4.69, 9.17) is 10.5 Å². The van der Waals surface area contributed by atoms with Crippen LogP contribution in [0.5, 0.6) is 5.75 Å². The molecule has 0 saturated heterocycles. The van der Waals surface area contributed by atoms with Gasteiger partial charge in [-0.1, -0.05) is 48.5 Å². The second kappa shape index (κ2) is 10.8. The van der Waals surface area contributed by atoms with E-state index in [1.165, 1.54) is 0 Å². The molecule has 1 aliphatic rings. The molecule has 3 aromatic carbocycles. The summed E-state index contributed by atoms with van der Waals surface area (Å²) in [5.74, 6) is -1.31. The number of aliphatic carboxylic acids is 1. The Morgan fingerprint density at radius 2 is 1.93 bits per heavy atom. The zero-order chi connectivity index (χ0) is 28.8. The maximum atomic E-state index is 12.2. The van der Waals surface area contributed by atoms with Crippen molar-refractivity contribution in [3.8, 4) is 5.75 Å². The smallest absolute Gasteiger partial charge is 0.321 e. The van der Waals surface area contributed by atoms with E-state index in [1.807, 2.05) is 57.2 Å². The summed E-state index contributed by atoms with van der Waals surface area (Å²) < 4.78 is 32.4. The quantitative estimate of drug-likeness (QED) is 0.247. The van der Waals surface area contributed by atoms with Crippen LogP contribution >= 0.6 is 10.8 Å². The van der Waals surface area contributed by atoms with E-state index in [0.29, 0.717) is 29.1 Å². The number of carboxylic acid groups (broad SMARTS) is 1. The number of hydrogen-bond donors (Lipinski definition) is 4. The van der Waals surface area contributed by atoms with Gasteiger partial charge in [0.05, 0.1) is 12.1 Å². The van der Waals surface area contributed by atoms with E-state index >= 15 is 0 Å². The Bertz CT molecular complexity index is 1570. The first-order chi connectivity index (χ1) is 19.0. The van der Waals surface area contributed by atoms with Crippen molar-refractivity contribution in [3.63, 3.8) is 0 Å². The van der Waals surface area contributed by atoms with E-state index in [1.54, 1.807) is 34.2 Å². The molecule has 0 amide bonds. The molecule has 0 saturated carbocycles. The fourth-order valence-electron chi connectivity index (χ4n) is 5.38. The van der Waals surface area contributed by atoms with Gasteiger partial charge in [0.1, 0.15) is 28.3 Å². The summed E-state index contributed by atoms with van der Waals surface area (Å²) in [6, 6.07) is 15.3. The van der Waals surface area contributed by atoms with Crippen LogP contribution in [0.15, 0.2) is 59.5 Å².